The largest absolute Gasteiger partial charge is 0.373 e. The normalized spacial score (nSPS) is 18.3. The van der Waals surface area contributed by atoms with E-state index in [-0.39, 0.29) is 0 Å². The van der Waals surface area contributed by atoms with Gasteiger partial charge >= 0.3 is 0 Å². The maximum Gasteiger partial charge on any atom is 0.227 e. The van der Waals surface area contributed by atoms with Crippen LogP contribution in [-0.2, 0) is 22.7 Å². The van der Waals surface area contributed by atoms with Crippen molar-refractivity contribution in [3.8, 4) is 11.3 Å². The van der Waals surface area contributed by atoms with E-state index in [0.717, 1.165) is 59.8 Å². The Morgan fingerprint density at radius 2 is 1.71 bits per heavy atom. The Balaban J connectivity index is 1.48. The summed E-state index contributed by atoms with van der Waals surface area (Å²) in [5, 5.41) is 3.42. The zero-order valence-corrected chi connectivity index (χ0v) is 20.5. The van der Waals surface area contributed by atoms with Crippen LogP contribution in [0.3, 0.4) is 0 Å². The third kappa shape index (κ3) is 5.88. The minimum atomic E-state index is 0.535. The van der Waals surface area contributed by atoms with E-state index in [1.165, 1.54) is 5.69 Å². The summed E-state index contributed by atoms with van der Waals surface area (Å²) in [6, 6.07) is 14.8. The Labute approximate surface area is 207 Å². The molecule has 2 aliphatic rings. The molecule has 35 heavy (non-hydrogen) atoms. The molecule has 0 spiro atoms. The first kappa shape index (κ1) is 23.5. The Bertz CT molecular complexity index is 1190. The molecule has 5 rings (SSSR count). The number of aryl methyl sites for hydroxylation is 1. The van der Waals surface area contributed by atoms with Crippen molar-refractivity contribution >= 4 is 17.3 Å². The molecule has 0 unspecified atom stereocenters. The van der Waals surface area contributed by atoms with Gasteiger partial charge in [0, 0.05) is 54.9 Å². The van der Waals surface area contributed by atoms with Crippen LogP contribution in [0.4, 0.5) is 17.3 Å². The molecule has 0 saturated carbocycles. The van der Waals surface area contributed by atoms with Crippen molar-refractivity contribution < 1.29 is 9.47 Å². The molecule has 0 atom stereocenters. The lowest BCUT2D eigenvalue weighted by Gasteiger charge is -2.35. The first-order valence-electron chi connectivity index (χ1n) is 12.2. The summed E-state index contributed by atoms with van der Waals surface area (Å²) >= 11 is 0. The zero-order chi connectivity index (χ0) is 24.0. The van der Waals surface area contributed by atoms with Crippen molar-refractivity contribution in [1.29, 1.82) is 0 Å². The topological polar surface area (TPSA) is 62.8 Å². The quantitative estimate of drug-likeness (QED) is 0.523. The summed E-state index contributed by atoms with van der Waals surface area (Å²) < 4.78 is 11.9. The van der Waals surface area contributed by atoms with Gasteiger partial charge in [0.2, 0.25) is 5.95 Å². The summed E-state index contributed by atoms with van der Waals surface area (Å²) in [6.45, 7) is 8.36. The van der Waals surface area contributed by atoms with Gasteiger partial charge < -0.3 is 24.6 Å². The van der Waals surface area contributed by atoms with Gasteiger partial charge in [-0.1, -0.05) is 30.4 Å². The summed E-state index contributed by atoms with van der Waals surface area (Å²) in [6.07, 6.45) is 5.92. The van der Waals surface area contributed by atoms with Gasteiger partial charge in [-0.25, -0.2) is 9.97 Å². The monoisotopic (exact) mass is 471 g/mol. The number of fused-ring (bicyclic) bond motifs is 7. The van der Waals surface area contributed by atoms with Gasteiger partial charge in [-0.3, -0.25) is 0 Å². The van der Waals surface area contributed by atoms with Gasteiger partial charge in [-0.15, -0.1) is 0 Å². The number of anilines is 3. The second-order valence-electron chi connectivity index (χ2n) is 9.19. The number of rotatable bonds is 1. The fraction of sp³-hybridized carbons (Fsp3) is 0.357. The summed E-state index contributed by atoms with van der Waals surface area (Å²) in [5.41, 5.74) is 7.47. The van der Waals surface area contributed by atoms with E-state index < -0.39 is 0 Å². The smallest absolute Gasteiger partial charge is 0.227 e. The second kappa shape index (κ2) is 11.0. The third-order valence-electron chi connectivity index (χ3n) is 6.47. The summed E-state index contributed by atoms with van der Waals surface area (Å²) in [5.74, 6) is 0.579. The number of hydrogen-bond donors (Lipinski definition) is 1. The van der Waals surface area contributed by atoms with E-state index in [1.807, 2.05) is 31.3 Å². The molecule has 0 amide bonds. The van der Waals surface area contributed by atoms with E-state index in [0.29, 0.717) is 32.4 Å². The molecule has 3 aromatic rings. The van der Waals surface area contributed by atoms with E-state index in [1.54, 1.807) is 0 Å². The molecule has 7 nitrogen and oxygen atoms in total. The van der Waals surface area contributed by atoms with Gasteiger partial charge in [0.1, 0.15) is 0 Å². The number of likely N-dealkylation sites (N-methyl/N-ethyl adjacent to an activating group) is 1. The van der Waals surface area contributed by atoms with Gasteiger partial charge in [-0.05, 0) is 49.4 Å². The van der Waals surface area contributed by atoms with Crippen LogP contribution in [0.25, 0.3) is 11.3 Å². The Hall–Kier alpha value is -3.26. The predicted octanol–water partition coefficient (Wildman–Crippen LogP) is 4.55. The van der Waals surface area contributed by atoms with Crippen molar-refractivity contribution in [2.24, 2.45) is 0 Å². The van der Waals surface area contributed by atoms with Crippen LogP contribution >= 0.6 is 0 Å². The lowest BCUT2D eigenvalue weighted by Crippen LogP contribution is -2.44. The Kier molecular flexibility index (Phi) is 7.37. The van der Waals surface area contributed by atoms with E-state index in [2.05, 4.69) is 63.5 Å². The molecular formula is C28H33N5O2. The number of nitrogens with zero attached hydrogens (tertiary/aromatic N) is 4. The van der Waals surface area contributed by atoms with Crippen LogP contribution in [0.5, 0.6) is 0 Å². The lowest BCUT2D eigenvalue weighted by molar-refractivity contribution is 0.140. The van der Waals surface area contributed by atoms with Crippen molar-refractivity contribution in [2.75, 3.05) is 56.7 Å². The molecule has 2 aliphatic heterocycles. The maximum absolute atomic E-state index is 6.03. The highest BCUT2D eigenvalue weighted by atomic mass is 16.5. The maximum atomic E-state index is 6.03. The molecule has 3 heterocycles. The standard InChI is InChI=1S/C28H33N5O2/c1-21-18-29-28-30-25-8-9-26(33-12-10-32(2)11-13-33)24(17-25)20-35-15-4-3-14-34-19-22-6-5-7-23(16-22)27(21)31-28/h3-9,16-18H,10-15,19-20H2,1-2H3,(H,29,30,31)/b4-3+. The van der Waals surface area contributed by atoms with E-state index in [4.69, 9.17) is 14.5 Å². The molecule has 6 bridgehead atoms. The van der Waals surface area contributed by atoms with Crippen LogP contribution in [-0.4, -0.2) is 61.3 Å². The van der Waals surface area contributed by atoms with Crippen molar-refractivity contribution in [3.63, 3.8) is 0 Å². The summed E-state index contributed by atoms with van der Waals surface area (Å²) in [7, 11) is 2.18. The number of piperazine rings is 1. The molecule has 7 heteroatoms. The van der Waals surface area contributed by atoms with Gasteiger partial charge in [0.15, 0.2) is 0 Å². The molecule has 0 aliphatic carbocycles. The second-order valence-corrected chi connectivity index (χ2v) is 9.19. The van der Waals surface area contributed by atoms with Crippen molar-refractivity contribution in [2.45, 2.75) is 20.1 Å². The van der Waals surface area contributed by atoms with Crippen LogP contribution in [0.2, 0.25) is 0 Å². The van der Waals surface area contributed by atoms with Crippen LogP contribution in [0, 0.1) is 6.92 Å². The van der Waals surface area contributed by atoms with Gasteiger partial charge in [0.05, 0.1) is 32.1 Å². The Morgan fingerprint density at radius 1 is 0.914 bits per heavy atom. The molecule has 1 N–H and O–H groups in total. The minimum Gasteiger partial charge on any atom is -0.373 e. The SMILES string of the molecule is Cc1cnc2nc1-c1cccc(c1)COC/C=C/COCc1cc(ccc1N1CCN(C)CC1)N2. The van der Waals surface area contributed by atoms with Gasteiger partial charge in [-0.2, -0.15) is 0 Å². The third-order valence-corrected chi connectivity index (χ3v) is 6.47. The molecule has 0 radical (unpaired) electrons. The highest BCUT2D eigenvalue weighted by Gasteiger charge is 2.18. The van der Waals surface area contributed by atoms with Gasteiger partial charge in [0.25, 0.3) is 0 Å². The molecule has 182 valence electrons. The molecule has 2 aromatic carbocycles. The van der Waals surface area contributed by atoms with Crippen molar-refractivity contribution in [1.82, 2.24) is 14.9 Å². The molecule has 1 aromatic heterocycles. The van der Waals surface area contributed by atoms with Crippen molar-refractivity contribution in [3.05, 3.63) is 77.5 Å². The highest BCUT2D eigenvalue weighted by molar-refractivity contribution is 5.67. The predicted molar refractivity (Wildman–Crippen MR) is 140 cm³/mol. The fourth-order valence-corrected chi connectivity index (χ4v) is 4.48. The zero-order valence-electron chi connectivity index (χ0n) is 20.5. The average molecular weight is 472 g/mol. The number of hydrogen-bond acceptors (Lipinski definition) is 7. The fourth-order valence-electron chi connectivity index (χ4n) is 4.48. The lowest BCUT2D eigenvalue weighted by atomic mass is 10.1. The first-order chi connectivity index (χ1) is 17.2. The van der Waals surface area contributed by atoms with Crippen LogP contribution in [0.1, 0.15) is 16.7 Å². The molecular weight excluding hydrogens is 438 g/mol. The average Bonchev–Trinajstić information content (AvgIpc) is 2.87. The van der Waals surface area contributed by atoms with E-state index in [9.17, 15) is 0 Å². The molecule has 1 fully saturated rings. The molecule has 1 saturated heterocycles. The number of aromatic nitrogens is 2. The highest BCUT2D eigenvalue weighted by Crippen LogP contribution is 2.29. The Morgan fingerprint density at radius 3 is 2.54 bits per heavy atom. The van der Waals surface area contributed by atoms with E-state index >= 15 is 0 Å². The first-order valence-corrected chi connectivity index (χ1v) is 12.2. The number of benzene rings is 2. The number of ether oxygens (including phenoxy) is 2. The summed E-state index contributed by atoms with van der Waals surface area (Å²) in [4.78, 5) is 14.2. The number of nitrogens with one attached hydrogen (secondary N) is 1. The minimum absolute atomic E-state index is 0.535. The van der Waals surface area contributed by atoms with Crippen LogP contribution in [0.15, 0.2) is 60.8 Å². The van der Waals surface area contributed by atoms with Crippen LogP contribution < -0.4 is 10.2 Å².